The van der Waals surface area contributed by atoms with Crippen molar-refractivity contribution in [3.05, 3.63) is 78.4 Å². The van der Waals surface area contributed by atoms with Gasteiger partial charge in [-0.25, -0.2) is 8.42 Å². The van der Waals surface area contributed by atoms with Crippen LogP contribution in [0.3, 0.4) is 0 Å². The third kappa shape index (κ3) is 4.46. The molecule has 0 radical (unpaired) electrons. The Balaban J connectivity index is 1.55. The fourth-order valence-electron chi connectivity index (χ4n) is 2.95. The minimum Gasteiger partial charge on any atom is -0.507 e. The molecule has 8 nitrogen and oxygen atoms in total. The minimum absolute atomic E-state index is 0.0528. The average Bonchev–Trinajstić information content (AvgIpc) is 2.79. The third-order valence-corrected chi connectivity index (χ3v) is 5.90. The van der Waals surface area contributed by atoms with E-state index in [-0.39, 0.29) is 22.3 Å². The summed E-state index contributed by atoms with van der Waals surface area (Å²) in [7, 11) is -2.39. The number of phenols is 1. The Morgan fingerprint density at radius 1 is 0.968 bits per heavy atom. The van der Waals surface area contributed by atoms with Crippen molar-refractivity contribution in [2.75, 3.05) is 11.8 Å². The molecule has 0 aliphatic heterocycles. The van der Waals surface area contributed by atoms with E-state index in [4.69, 9.17) is 4.74 Å². The highest BCUT2D eigenvalue weighted by Gasteiger charge is 2.15. The van der Waals surface area contributed by atoms with Gasteiger partial charge in [-0.15, -0.1) is 10.2 Å². The number of rotatable bonds is 6. The van der Waals surface area contributed by atoms with E-state index in [1.807, 2.05) is 30.3 Å². The first-order valence-electron chi connectivity index (χ1n) is 9.22. The van der Waals surface area contributed by atoms with Gasteiger partial charge in [0.2, 0.25) is 5.88 Å². The molecule has 1 heterocycles. The van der Waals surface area contributed by atoms with Crippen molar-refractivity contribution in [3.8, 4) is 11.6 Å². The van der Waals surface area contributed by atoms with Crippen LogP contribution in [0, 0.1) is 0 Å². The number of fused-ring (bicyclic) bond motifs is 1. The van der Waals surface area contributed by atoms with Crippen LogP contribution < -0.4 is 9.46 Å². The summed E-state index contributed by atoms with van der Waals surface area (Å²) in [5, 5.41) is 19.6. The highest BCUT2D eigenvalue weighted by atomic mass is 32.2. The predicted molar refractivity (Wildman–Crippen MR) is 119 cm³/mol. The number of ether oxygens (including phenoxy) is 1. The molecule has 0 aliphatic carbocycles. The lowest BCUT2D eigenvalue weighted by Crippen LogP contribution is -2.14. The van der Waals surface area contributed by atoms with Gasteiger partial charge < -0.3 is 9.84 Å². The molecule has 0 amide bonds. The first kappa shape index (κ1) is 20.3. The van der Waals surface area contributed by atoms with E-state index in [1.165, 1.54) is 31.4 Å². The SMILES string of the molecule is COc1ccc(NS(=O)(=O)c2ccc(N=Cc3c(O)ccc4ccccc34)cc2)nn1. The van der Waals surface area contributed by atoms with Gasteiger partial charge >= 0.3 is 0 Å². The van der Waals surface area contributed by atoms with Crippen molar-refractivity contribution < 1.29 is 18.3 Å². The second-order valence-corrected chi connectivity index (χ2v) is 8.22. The number of nitrogens with zero attached hydrogens (tertiary/aromatic N) is 3. The molecule has 0 bridgehead atoms. The normalized spacial score (nSPS) is 11.6. The number of phenolic OH excluding ortho intramolecular Hbond substituents is 1. The fraction of sp³-hybridized carbons (Fsp3) is 0.0455. The molecule has 0 aliphatic rings. The summed E-state index contributed by atoms with van der Waals surface area (Å²) in [4.78, 5) is 4.43. The number of methoxy groups -OCH3 is 1. The van der Waals surface area contributed by atoms with Crippen molar-refractivity contribution in [3.63, 3.8) is 0 Å². The molecular weight excluding hydrogens is 416 g/mol. The number of sulfonamides is 1. The lowest BCUT2D eigenvalue weighted by molar-refractivity contribution is 0.392. The number of hydrogen-bond donors (Lipinski definition) is 2. The first-order valence-corrected chi connectivity index (χ1v) is 10.7. The maximum atomic E-state index is 12.6. The minimum atomic E-state index is -3.84. The van der Waals surface area contributed by atoms with Crippen molar-refractivity contribution >= 4 is 38.5 Å². The highest BCUT2D eigenvalue weighted by molar-refractivity contribution is 7.92. The molecule has 9 heteroatoms. The number of aromatic hydroxyl groups is 1. The lowest BCUT2D eigenvalue weighted by atomic mass is 10.0. The van der Waals surface area contributed by atoms with Crippen molar-refractivity contribution in [2.24, 2.45) is 4.99 Å². The van der Waals surface area contributed by atoms with E-state index in [0.717, 1.165) is 10.8 Å². The van der Waals surface area contributed by atoms with Crippen LogP contribution in [0.5, 0.6) is 11.6 Å². The molecular formula is C22H18N4O4S. The summed E-state index contributed by atoms with van der Waals surface area (Å²) in [6, 6.07) is 20.1. The van der Waals surface area contributed by atoms with Crippen molar-refractivity contribution in [1.82, 2.24) is 10.2 Å². The Labute approximate surface area is 178 Å². The number of aliphatic imine (C=N–C) groups is 1. The van der Waals surface area contributed by atoms with Gasteiger partial charge in [0.25, 0.3) is 10.0 Å². The summed E-state index contributed by atoms with van der Waals surface area (Å²) < 4.78 is 32.4. The third-order valence-electron chi connectivity index (χ3n) is 4.53. The van der Waals surface area contributed by atoms with E-state index in [9.17, 15) is 13.5 Å². The molecule has 0 unspecified atom stereocenters. The number of nitrogens with one attached hydrogen (secondary N) is 1. The summed E-state index contributed by atoms with van der Waals surface area (Å²) in [5.74, 6) is 0.475. The molecule has 4 rings (SSSR count). The lowest BCUT2D eigenvalue weighted by Gasteiger charge is -2.07. The molecule has 0 fully saturated rings. The zero-order valence-corrected chi connectivity index (χ0v) is 17.2. The largest absolute Gasteiger partial charge is 0.507 e. The van der Waals surface area contributed by atoms with Gasteiger partial charge in [-0.1, -0.05) is 30.3 Å². The van der Waals surface area contributed by atoms with Crippen LogP contribution in [0.25, 0.3) is 10.8 Å². The Hall–Kier alpha value is -3.98. The zero-order chi connectivity index (χ0) is 21.8. The van der Waals surface area contributed by atoms with Crippen molar-refractivity contribution in [2.45, 2.75) is 4.90 Å². The van der Waals surface area contributed by atoms with E-state index in [0.29, 0.717) is 11.3 Å². The summed E-state index contributed by atoms with van der Waals surface area (Å²) >= 11 is 0. The van der Waals surface area contributed by atoms with E-state index in [1.54, 1.807) is 24.4 Å². The van der Waals surface area contributed by atoms with Gasteiger partial charge in [0.05, 0.1) is 17.7 Å². The van der Waals surface area contributed by atoms with Gasteiger partial charge in [0, 0.05) is 17.8 Å². The quantitative estimate of drug-likeness (QED) is 0.445. The Bertz CT molecular complexity index is 1350. The molecule has 3 aromatic carbocycles. The van der Waals surface area contributed by atoms with Gasteiger partial charge in [-0.3, -0.25) is 9.71 Å². The fourth-order valence-corrected chi connectivity index (χ4v) is 3.95. The first-order chi connectivity index (χ1) is 15.0. The van der Waals surface area contributed by atoms with E-state index >= 15 is 0 Å². The van der Waals surface area contributed by atoms with Gasteiger partial charge in [0.15, 0.2) is 5.82 Å². The monoisotopic (exact) mass is 434 g/mol. The Morgan fingerprint density at radius 2 is 1.74 bits per heavy atom. The molecule has 0 saturated heterocycles. The standard InChI is InChI=1S/C22H18N4O4S/c1-30-22-13-12-21(24-25-22)26-31(28,29)17-9-7-16(8-10-17)23-14-19-18-5-3-2-4-15(18)6-11-20(19)27/h2-14,27H,1H3,(H,24,26). The molecule has 0 atom stereocenters. The Kier molecular flexibility index (Phi) is 5.50. The summed E-state index contributed by atoms with van der Waals surface area (Å²) in [6.45, 7) is 0. The van der Waals surface area contributed by atoms with Crippen molar-refractivity contribution in [1.29, 1.82) is 0 Å². The number of aromatic nitrogens is 2. The topological polar surface area (TPSA) is 114 Å². The summed E-state index contributed by atoms with van der Waals surface area (Å²) in [6.07, 6.45) is 1.56. The van der Waals surface area contributed by atoms with E-state index in [2.05, 4.69) is 19.9 Å². The van der Waals surface area contributed by atoms with Gasteiger partial charge in [-0.2, -0.15) is 0 Å². The molecule has 1 aromatic heterocycles. The second kappa shape index (κ2) is 8.41. The van der Waals surface area contributed by atoms with Crippen LogP contribution in [0.2, 0.25) is 0 Å². The maximum Gasteiger partial charge on any atom is 0.263 e. The van der Waals surface area contributed by atoms with Crippen LogP contribution in [0.1, 0.15) is 5.56 Å². The predicted octanol–water partition coefficient (Wildman–Crippen LogP) is 3.90. The van der Waals surface area contributed by atoms with Crippen LogP contribution in [0.15, 0.2) is 82.7 Å². The van der Waals surface area contributed by atoms with Gasteiger partial charge in [-0.05, 0) is 47.2 Å². The average molecular weight is 434 g/mol. The molecule has 4 aromatic rings. The van der Waals surface area contributed by atoms with Gasteiger partial charge in [0.1, 0.15) is 5.75 Å². The number of anilines is 1. The maximum absolute atomic E-state index is 12.6. The molecule has 31 heavy (non-hydrogen) atoms. The summed E-state index contributed by atoms with van der Waals surface area (Å²) in [5.41, 5.74) is 1.13. The van der Waals surface area contributed by atoms with Crippen LogP contribution >= 0.6 is 0 Å². The molecule has 0 saturated carbocycles. The smallest absolute Gasteiger partial charge is 0.263 e. The van der Waals surface area contributed by atoms with Crippen LogP contribution in [-0.2, 0) is 10.0 Å². The molecule has 0 spiro atoms. The highest BCUT2D eigenvalue weighted by Crippen LogP contribution is 2.26. The van der Waals surface area contributed by atoms with Crippen LogP contribution in [0.4, 0.5) is 11.5 Å². The second-order valence-electron chi connectivity index (χ2n) is 6.54. The van der Waals surface area contributed by atoms with E-state index < -0.39 is 10.0 Å². The Morgan fingerprint density at radius 3 is 2.45 bits per heavy atom. The zero-order valence-electron chi connectivity index (χ0n) is 16.4. The number of benzene rings is 3. The van der Waals surface area contributed by atoms with Crippen LogP contribution in [-0.4, -0.2) is 37.0 Å². The molecule has 2 N–H and O–H groups in total. The number of hydrogen-bond acceptors (Lipinski definition) is 7. The molecule has 156 valence electrons.